The average Bonchev–Trinajstić information content (AvgIpc) is 2.39. The van der Waals surface area contributed by atoms with Crippen molar-refractivity contribution in [2.24, 2.45) is 5.92 Å². The van der Waals surface area contributed by atoms with Crippen molar-refractivity contribution < 1.29 is 9.59 Å². The summed E-state index contributed by atoms with van der Waals surface area (Å²) in [6, 6.07) is 10.5. The number of hydrogen-bond acceptors (Lipinski definition) is 3. The maximum Gasteiger partial charge on any atom is 0.257 e. The van der Waals surface area contributed by atoms with Crippen LogP contribution in [0.2, 0.25) is 0 Å². The van der Waals surface area contributed by atoms with Crippen LogP contribution in [0.1, 0.15) is 23.7 Å². The Morgan fingerprint density at radius 2 is 2.06 bits per heavy atom. The van der Waals surface area contributed by atoms with Crippen LogP contribution in [-0.2, 0) is 4.79 Å². The molecule has 1 N–H and O–H groups in total. The van der Waals surface area contributed by atoms with E-state index in [9.17, 15) is 9.59 Å². The zero-order valence-corrected chi connectivity index (χ0v) is 10.1. The van der Waals surface area contributed by atoms with Gasteiger partial charge in [-0.25, -0.2) is 0 Å². The lowest BCUT2D eigenvalue weighted by Crippen LogP contribution is -2.31. The first-order chi connectivity index (χ1) is 8.67. The first-order valence-corrected chi connectivity index (χ1v) is 5.59. The molecule has 1 atom stereocenters. The summed E-state index contributed by atoms with van der Waals surface area (Å²) in [4.78, 5) is 23.2. The number of carbonyl (C=O) groups is 2. The third kappa shape index (κ3) is 4.22. The van der Waals surface area contributed by atoms with Crippen molar-refractivity contribution in [2.45, 2.75) is 13.3 Å². The monoisotopic (exact) mass is 242 g/mol. The molecule has 0 fully saturated rings. The lowest BCUT2D eigenvalue weighted by atomic mass is 10.1. The minimum atomic E-state index is -0.501. The van der Waals surface area contributed by atoms with Crippen LogP contribution in [0.15, 0.2) is 42.5 Å². The molecule has 92 valence electrons. The molecule has 0 saturated heterocycles. The Balaban J connectivity index is 2.56. The number of rotatable bonds is 4. The number of nitrogens with zero attached hydrogens (tertiary/aromatic N) is 1. The molecule has 0 saturated carbocycles. The highest BCUT2D eigenvalue weighted by atomic mass is 16.2. The second kappa shape index (κ2) is 7.02. The summed E-state index contributed by atoms with van der Waals surface area (Å²) in [5, 5.41) is 11.0. The molecule has 0 aliphatic carbocycles. The molecule has 1 unspecified atom stereocenters. The average molecular weight is 242 g/mol. The predicted octanol–water partition coefficient (Wildman–Crippen LogP) is 2.05. The van der Waals surface area contributed by atoms with Crippen molar-refractivity contribution in [3.8, 4) is 6.07 Å². The van der Waals surface area contributed by atoms with E-state index in [4.69, 9.17) is 5.26 Å². The second-order valence-electron chi connectivity index (χ2n) is 3.71. The van der Waals surface area contributed by atoms with E-state index in [0.29, 0.717) is 5.56 Å². The number of benzene rings is 1. The quantitative estimate of drug-likeness (QED) is 0.821. The molecule has 4 heteroatoms. The van der Waals surface area contributed by atoms with Gasteiger partial charge in [-0.3, -0.25) is 14.9 Å². The standard InChI is InChI=1S/C14H14N2O2/c1-2-6-11(10-15)9-13(17)16-14(18)12-7-4-3-5-8-12/h2-8,11H,9H2,1H3,(H,16,17,18)/b6-2+. The number of hydrogen-bond donors (Lipinski definition) is 1. The minimum Gasteiger partial charge on any atom is -0.292 e. The SMILES string of the molecule is C/C=C/C(C#N)CC(=O)NC(=O)c1ccccc1. The van der Waals surface area contributed by atoms with Gasteiger partial charge in [0.2, 0.25) is 5.91 Å². The maximum absolute atomic E-state index is 11.6. The molecule has 4 nitrogen and oxygen atoms in total. The predicted molar refractivity (Wildman–Crippen MR) is 67.4 cm³/mol. The molecule has 0 spiro atoms. The molecule has 0 radical (unpaired) electrons. The first-order valence-electron chi connectivity index (χ1n) is 5.59. The summed E-state index contributed by atoms with van der Waals surface area (Å²) >= 11 is 0. The van der Waals surface area contributed by atoms with Crippen LogP contribution >= 0.6 is 0 Å². The van der Waals surface area contributed by atoms with Crippen LogP contribution < -0.4 is 5.32 Å². The van der Waals surface area contributed by atoms with Gasteiger partial charge >= 0.3 is 0 Å². The number of carbonyl (C=O) groups excluding carboxylic acids is 2. The summed E-state index contributed by atoms with van der Waals surface area (Å²) < 4.78 is 0. The van der Waals surface area contributed by atoms with Gasteiger partial charge in [-0.2, -0.15) is 5.26 Å². The van der Waals surface area contributed by atoms with Crippen LogP contribution in [0.25, 0.3) is 0 Å². The van der Waals surface area contributed by atoms with Crippen LogP contribution in [0.5, 0.6) is 0 Å². The zero-order valence-electron chi connectivity index (χ0n) is 10.1. The Hall–Kier alpha value is -2.41. The van der Waals surface area contributed by atoms with Crippen molar-refractivity contribution >= 4 is 11.8 Å². The van der Waals surface area contributed by atoms with E-state index in [1.165, 1.54) is 0 Å². The van der Waals surface area contributed by atoms with Crippen molar-refractivity contribution in [3.63, 3.8) is 0 Å². The fourth-order valence-corrected chi connectivity index (χ4v) is 1.43. The number of allylic oxidation sites excluding steroid dienone is 2. The summed E-state index contributed by atoms with van der Waals surface area (Å²) in [6.45, 7) is 1.78. The smallest absolute Gasteiger partial charge is 0.257 e. The summed E-state index contributed by atoms with van der Waals surface area (Å²) in [5.41, 5.74) is 0.422. The molecular formula is C14H14N2O2. The lowest BCUT2D eigenvalue weighted by molar-refractivity contribution is -0.120. The number of nitrogens with one attached hydrogen (secondary N) is 1. The van der Waals surface area contributed by atoms with Crippen LogP contribution in [0.3, 0.4) is 0 Å². The van der Waals surface area contributed by atoms with Gasteiger partial charge in [-0.15, -0.1) is 0 Å². The summed E-state index contributed by atoms with van der Waals surface area (Å²) in [6.07, 6.45) is 3.33. The molecule has 18 heavy (non-hydrogen) atoms. The molecule has 2 amide bonds. The van der Waals surface area contributed by atoms with Crippen LogP contribution in [0.4, 0.5) is 0 Å². The molecule has 0 bridgehead atoms. The molecule has 0 aromatic heterocycles. The topological polar surface area (TPSA) is 70.0 Å². The van der Waals surface area contributed by atoms with Crippen molar-refractivity contribution in [1.82, 2.24) is 5.32 Å². The van der Waals surface area contributed by atoms with E-state index in [1.807, 2.05) is 6.07 Å². The second-order valence-corrected chi connectivity index (χ2v) is 3.71. The Labute approximate surface area is 106 Å². The zero-order chi connectivity index (χ0) is 13.4. The molecule has 0 aliphatic heterocycles. The summed E-state index contributed by atoms with van der Waals surface area (Å²) in [7, 11) is 0. The highest BCUT2D eigenvalue weighted by molar-refractivity contribution is 6.04. The van der Waals surface area contributed by atoms with Gasteiger partial charge in [0, 0.05) is 12.0 Å². The number of amides is 2. The fourth-order valence-electron chi connectivity index (χ4n) is 1.43. The normalized spacial score (nSPS) is 11.8. The molecule has 0 heterocycles. The molecular weight excluding hydrogens is 228 g/mol. The maximum atomic E-state index is 11.6. The van der Waals surface area contributed by atoms with E-state index < -0.39 is 17.7 Å². The van der Waals surface area contributed by atoms with E-state index in [-0.39, 0.29) is 6.42 Å². The van der Waals surface area contributed by atoms with Gasteiger partial charge in [0.25, 0.3) is 5.91 Å². The van der Waals surface area contributed by atoms with Gasteiger partial charge in [0.15, 0.2) is 0 Å². The van der Waals surface area contributed by atoms with E-state index in [2.05, 4.69) is 5.32 Å². The highest BCUT2D eigenvalue weighted by Crippen LogP contribution is 2.04. The summed E-state index contributed by atoms with van der Waals surface area (Å²) in [5.74, 6) is -1.40. The Bertz CT molecular complexity index is 486. The molecule has 1 aromatic rings. The van der Waals surface area contributed by atoms with Gasteiger partial charge in [0.1, 0.15) is 0 Å². The minimum absolute atomic E-state index is 0.0145. The largest absolute Gasteiger partial charge is 0.292 e. The highest BCUT2D eigenvalue weighted by Gasteiger charge is 2.13. The van der Waals surface area contributed by atoms with Gasteiger partial charge < -0.3 is 0 Å². The molecule has 1 rings (SSSR count). The number of imide groups is 1. The number of nitriles is 1. The molecule has 0 aliphatic rings. The van der Waals surface area contributed by atoms with E-state index in [0.717, 1.165) is 0 Å². The van der Waals surface area contributed by atoms with Crippen LogP contribution in [0, 0.1) is 17.2 Å². The van der Waals surface area contributed by atoms with Crippen LogP contribution in [-0.4, -0.2) is 11.8 Å². The van der Waals surface area contributed by atoms with Crippen molar-refractivity contribution in [2.75, 3.05) is 0 Å². The van der Waals surface area contributed by atoms with E-state index >= 15 is 0 Å². The Morgan fingerprint density at radius 1 is 1.39 bits per heavy atom. The fraction of sp³-hybridized carbons (Fsp3) is 0.214. The van der Waals surface area contributed by atoms with Gasteiger partial charge in [-0.1, -0.05) is 30.4 Å². The van der Waals surface area contributed by atoms with Crippen molar-refractivity contribution in [3.05, 3.63) is 48.0 Å². The third-order valence-electron chi connectivity index (χ3n) is 2.28. The first kappa shape index (κ1) is 13.7. The Kier molecular flexibility index (Phi) is 5.33. The third-order valence-corrected chi connectivity index (χ3v) is 2.28. The molecule has 1 aromatic carbocycles. The lowest BCUT2D eigenvalue weighted by Gasteiger charge is -2.05. The Morgan fingerprint density at radius 3 is 2.61 bits per heavy atom. The van der Waals surface area contributed by atoms with Crippen molar-refractivity contribution in [1.29, 1.82) is 5.26 Å². The van der Waals surface area contributed by atoms with Gasteiger partial charge in [0.05, 0.1) is 12.0 Å². The van der Waals surface area contributed by atoms with Gasteiger partial charge in [-0.05, 0) is 19.1 Å². The van der Waals surface area contributed by atoms with E-state index in [1.54, 1.807) is 49.4 Å².